The Balaban J connectivity index is 3.25. The summed E-state index contributed by atoms with van der Waals surface area (Å²) in [6.45, 7) is 3.00. The molecule has 1 aromatic rings. The maximum Gasteiger partial charge on any atom is 0.374 e. The van der Waals surface area contributed by atoms with Gasteiger partial charge in [-0.1, -0.05) is 19.1 Å². The predicted molar refractivity (Wildman–Crippen MR) is 93.3 cm³/mol. The van der Waals surface area contributed by atoms with Gasteiger partial charge in [-0.3, -0.25) is 14.9 Å². The zero-order chi connectivity index (χ0) is 19.5. The summed E-state index contributed by atoms with van der Waals surface area (Å²) in [5.74, 6) is -2.07. The van der Waals surface area contributed by atoms with Crippen molar-refractivity contribution in [2.45, 2.75) is 32.6 Å². The van der Waals surface area contributed by atoms with Gasteiger partial charge in [0.1, 0.15) is 5.75 Å². The summed E-state index contributed by atoms with van der Waals surface area (Å²) in [6, 6.07) is 6.68. The van der Waals surface area contributed by atoms with Crippen LogP contribution in [-0.4, -0.2) is 37.1 Å². The van der Waals surface area contributed by atoms with Crippen LogP contribution in [0, 0.1) is 10.1 Å². The van der Waals surface area contributed by atoms with Crippen molar-refractivity contribution >= 4 is 11.9 Å². The van der Waals surface area contributed by atoms with E-state index in [1.54, 1.807) is 38.1 Å². The quantitative estimate of drug-likeness (QED) is 0.206. The van der Waals surface area contributed by atoms with E-state index in [4.69, 9.17) is 14.2 Å². The van der Waals surface area contributed by atoms with E-state index in [-0.39, 0.29) is 18.8 Å². The molecule has 26 heavy (non-hydrogen) atoms. The number of hydrogen-bond acceptors (Lipinski definition) is 7. The molecule has 142 valence electrons. The van der Waals surface area contributed by atoms with Crippen molar-refractivity contribution in [1.29, 1.82) is 0 Å². The van der Waals surface area contributed by atoms with E-state index in [2.05, 4.69) is 0 Å². The molecule has 0 spiro atoms. The molecule has 1 rings (SSSR count). The number of nitrogens with zero attached hydrogens (tertiary/aromatic N) is 1. The van der Waals surface area contributed by atoms with Gasteiger partial charge >= 0.3 is 11.9 Å². The van der Waals surface area contributed by atoms with E-state index >= 15 is 0 Å². The van der Waals surface area contributed by atoms with E-state index in [1.807, 2.05) is 0 Å². The van der Waals surface area contributed by atoms with Crippen LogP contribution in [0.1, 0.15) is 38.2 Å². The van der Waals surface area contributed by atoms with Crippen molar-refractivity contribution in [3.05, 3.63) is 51.8 Å². The van der Waals surface area contributed by atoms with Gasteiger partial charge in [-0.05, 0) is 37.1 Å². The third kappa shape index (κ3) is 6.92. The predicted octanol–water partition coefficient (Wildman–Crippen LogP) is 2.85. The molecule has 0 N–H and O–H groups in total. The summed E-state index contributed by atoms with van der Waals surface area (Å²) in [4.78, 5) is 34.4. The minimum Gasteiger partial charge on any atom is -0.497 e. The molecule has 0 unspecified atom stereocenters. The second kappa shape index (κ2) is 10.9. The topological polar surface area (TPSA) is 105 Å². The molecule has 0 amide bonds. The number of benzene rings is 1. The van der Waals surface area contributed by atoms with E-state index in [0.29, 0.717) is 17.7 Å². The fourth-order valence-electron chi connectivity index (χ4n) is 2.19. The molecule has 0 radical (unpaired) electrons. The lowest BCUT2D eigenvalue weighted by molar-refractivity contribution is -0.481. The van der Waals surface area contributed by atoms with Crippen LogP contribution in [0.4, 0.5) is 0 Å². The monoisotopic (exact) mass is 365 g/mol. The Morgan fingerprint density at radius 2 is 2.04 bits per heavy atom. The van der Waals surface area contributed by atoms with E-state index in [1.165, 1.54) is 13.2 Å². The molecule has 0 aliphatic rings. The third-order valence-electron chi connectivity index (χ3n) is 3.37. The normalized spacial score (nSPS) is 12.2. The molecule has 0 aliphatic carbocycles. The Labute approximate surface area is 151 Å². The number of methoxy groups -OCH3 is 1. The van der Waals surface area contributed by atoms with Crippen LogP contribution in [0.5, 0.6) is 5.75 Å². The van der Waals surface area contributed by atoms with Crippen LogP contribution in [-0.2, 0) is 19.1 Å². The van der Waals surface area contributed by atoms with Crippen molar-refractivity contribution in [2.75, 3.05) is 20.3 Å². The van der Waals surface area contributed by atoms with Gasteiger partial charge < -0.3 is 14.2 Å². The molecule has 0 fully saturated rings. The molecule has 8 heteroatoms. The lowest BCUT2D eigenvalue weighted by atomic mass is 9.98. The van der Waals surface area contributed by atoms with Crippen LogP contribution in [0.2, 0.25) is 0 Å². The lowest BCUT2D eigenvalue weighted by Gasteiger charge is -2.13. The second-order valence-corrected chi connectivity index (χ2v) is 5.37. The van der Waals surface area contributed by atoms with Crippen molar-refractivity contribution in [3.8, 4) is 5.75 Å². The first kappa shape index (κ1) is 21.1. The van der Waals surface area contributed by atoms with E-state index in [0.717, 1.165) is 0 Å². The molecule has 1 atom stereocenters. The second-order valence-electron chi connectivity index (χ2n) is 5.37. The molecule has 0 heterocycles. The Kier molecular flexibility index (Phi) is 8.83. The summed E-state index contributed by atoms with van der Waals surface area (Å²) >= 11 is 0. The molecule has 0 saturated heterocycles. The first-order valence-corrected chi connectivity index (χ1v) is 8.26. The van der Waals surface area contributed by atoms with Crippen LogP contribution in [0.3, 0.4) is 0 Å². The fraction of sp³-hybridized carbons (Fsp3) is 0.444. The zero-order valence-corrected chi connectivity index (χ0v) is 15.1. The number of carbonyl (C=O) groups excluding carboxylic acids is 2. The Hall–Kier alpha value is -2.90. The summed E-state index contributed by atoms with van der Waals surface area (Å²) in [5, 5.41) is 11.1. The van der Waals surface area contributed by atoms with Crippen LogP contribution >= 0.6 is 0 Å². The average molecular weight is 365 g/mol. The first-order valence-electron chi connectivity index (χ1n) is 8.26. The Morgan fingerprint density at radius 1 is 1.31 bits per heavy atom. The molecular weight excluding hydrogens is 342 g/mol. The minimum absolute atomic E-state index is 0.0839. The highest BCUT2D eigenvalue weighted by molar-refractivity contribution is 5.89. The van der Waals surface area contributed by atoms with Crippen LogP contribution in [0.15, 0.2) is 36.1 Å². The SMILES string of the molecule is CCCC(=O)O/C(=C\[C@@H](C[N+](=O)[O-])c1cccc(OC)c1)C(=O)OCC. The molecule has 0 saturated carbocycles. The van der Waals surface area contributed by atoms with Gasteiger partial charge in [-0.15, -0.1) is 0 Å². The number of carbonyl (C=O) groups is 2. The standard InChI is InChI=1S/C18H23NO7/c1-4-7-17(20)26-16(18(21)25-5-2)11-14(12-19(22)23)13-8-6-9-15(10-13)24-3/h6,8-11,14H,4-5,7,12H2,1-3H3/b16-11-/t14-/m0/s1. The molecule has 8 nitrogen and oxygen atoms in total. The smallest absolute Gasteiger partial charge is 0.374 e. The number of hydrogen-bond donors (Lipinski definition) is 0. The highest BCUT2D eigenvalue weighted by atomic mass is 16.6. The molecule has 0 aliphatic heterocycles. The minimum atomic E-state index is -0.840. The first-order chi connectivity index (χ1) is 12.4. The molecule has 0 bridgehead atoms. The van der Waals surface area contributed by atoms with Gasteiger partial charge in [0.15, 0.2) is 0 Å². The summed E-state index contributed by atoms with van der Waals surface area (Å²) < 4.78 is 15.1. The largest absolute Gasteiger partial charge is 0.497 e. The van der Waals surface area contributed by atoms with Gasteiger partial charge in [0, 0.05) is 11.3 Å². The van der Waals surface area contributed by atoms with Crippen molar-refractivity contribution < 1.29 is 28.7 Å². The maximum absolute atomic E-state index is 12.1. The number of ether oxygens (including phenoxy) is 3. The van der Waals surface area contributed by atoms with Crippen molar-refractivity contribution in [2.24, 2.45) is 0 Å². The Bertz CT molecular complexity index is 669. The van der Waals surface area contributed by atoms with Gasteiger partial charge in [0.2, 0.25) is 12.3 Å². The molecule has 1 aromatic carbocycles. The van der Waals surface area contributed by atoms with Crippen LogP contribution < -0.4 is 4.74 Å². The van der Waals surface area contributed by atoms with Gasteiger partial charge in [0.05, 0.1) is 19.6 Å². The fourth-order valence-corrected chi connectivity index (χ4v) is 2.19. The number of rotatable bonds is 10. The highest BCUT2D eigenvalue weighted by Crippen LogP contribution is 2.24. The highest BCUT2D eigenvalue weighted by Gasteiger charge is 2.23. The van der Waals surface area contributed by atoms with Crippen molar-refractivity contribution in [1.82, 2.24) is 0 Å². The van der Waals surface area contributed by atoms with Gasteiger partial charge in [-0.2, -0.15) is 0 Å². The van der Waals surface area contributed by atoms with E-state index < -0.39 is 29.3 Å². The lowest BCUT2D eigenvalue weighted by Crippen LogP contribution is -2.18. The average Bonchev–Trinajstić information content (AvgIpc) is 2.60. The maximum atomic E-state index is 12.1. The van der Waals surface area contributed by atoms with Crippen molar-refractivity contribution in [3.63, 3.8) is 0 Å². The number of esters is 2. The summed E-state index contributed by atoms with van der Waals surface area (Å²) in [7, 11) is 1.48. The van der Waals surface area contributed by atoms with Gasteiger partial charge in [-0.25, -0.2) is 4.79 Å². The third-order valence-corrected chi connectivity index (χ3v) is 3.37. The number of nitro groups is 1. The van der Waals surface area contributed by atoms with Crippen LogP contribution in [0.25, 0.3) is 0 Å². The summed E-state index contributed by atoms with van der Waals surface area (Å²) in [6.07, 6.45) is 1.92. The molecule has 0 aromatic heterocycles. The zero-order valence-electron chi connectivity index (χ0n) is 15.1. The summed E-state index contributed by atoms with van der Waals surface area (Å²) in [5.41, 5.74) is 0.550. The Morgan fingerprint density at radius 3 is 2.62 bits per heavy atom. The van der Waals surface area contributed by atoms with E-state index in [9.17, 15) is 19.7 Å². The molecular formula is C18H23NO7. The van der Waals surface area contributed by atoms with Gasteiger partial charge in [0.25, 0.3) is 0 Å².